The van der Waals surface area contributed by atoms with Gasteiger partial charge in [-0.3, -0.25) is 24.0 Å². The fraction of sp³-hybridized carbons (Fsp3) is 0.364. The molecule has 0 bridgehead atoms. The maximum atomic E-state index is 13.3. The Morgan fingerprint density at radius 2 is 1.73 bits per heavy atom. The number of likely N-dealkylation sites (N-methyl/N-ethyl adjacent to an activating group) is 1. The number of carbonyl (C=O) groups is 5. The average molecular weight is 662 g/mol. The molecule has 4 rings (SSSR count). The standard InChI is InChI=1S/C33H35N5O10/c1-3-14-38(25-10-6-19-15-24-22(16-21(19)25)31(45)36-27(17-39)34-24)20-7-4-18(5-8-20)30(44)35-23(9-12-28(40)41)32(46)37(2)26(33(47)48)11-13-29(42)43/h1,4-5,7-8,15-16,23,25-26,39H,6,9-14,17H2,2H3,(H,35,44)(H,40,41)(H,42,43)(H,47,48)(H,34,36,45)/t23-,25-,26-/m0/s1. The van der Waals surface area contributed by atoms with E-state index in [-0.39, 0.29) is 42.4 Å². The number of carboxylic acid groups (broad SMARTS) is 3. The van der Waals surface area contributed by atoms with Crippen LogP contribution in [0.4, 0.5) is 5.69 Å². The Kier molecular flexibility index (Phi) is 11.1. The SMILES string of the molecule is C#CCN(c1ccc(C(=O)N[C@@H](CCC(=O)O)C(=O)N(C)[C@@H](CCC(=O)O)C(=O)O)cc1)[C@H]1CCc2cc3nc(CO)[nH]c(=O)c3cc21. The molecule has 3 atom stereocenters. The van der Waals surface area contributed by atoms with Crippen LogP contribution in [-0.4, -0.2) is 90.7 Å². The van der Waals surface area contributed by atoms with Crippen LogP contribution in [-0.2, 0) is 32.2 Å². The number of benzene rings is 2. The van der Waals surface area contributed by atoms with Crippen molar-refractivity contribution in [3.05, 3.63) is 69.3 Å². The minimum atomic E-state index is -1.51. The largest absolute Gasteiger partial charge is 0.481 e. The highest BCUT2D eigenvalue weighted by Gasteiger charge is 2.33. The third kappa shape index (κ3) is 7.96. The molecule has 1 heterocycles. The van der Waals surface area contributed by atoms with Crippen molar-refractivity contribution in [1.29, 1.82) is 0 Å². The first kappa shape index (κ1) is 35.1. The van der Waals surface area contributed by atoms with Gasteiger partial charge in [0, 0.05) is 31.1 Å². The van der Waals surface area contributed by atoms with Crippen molar-refractivity contribution in [3.63, 3.8) is 0 Å². The smallest absolute Gasteiger partial charge is 0.326 e. The van der Waals surface area contributed by atoms with E-state index in [4.69, 9.17) is 11.5 Å². The summed E-state index contributed by atoms with van der Waals surface area (Å²) in [5, 5.41) is 40.0. The van der Waals surface area contributed by atoms with Crippen LogP contribution < -0.4 is 15.8 Å². The van der Waals surface area contributed by atoms with Gasteiger partial charge in [-0.2, -0.15) is 0 Å². The molecule has 2 amide bonds. The zero-order valence-corrected chi connectivity index (χ0v) is 26.0. The van der Waals surface area contributed by atoms with E-state index >= 15 is 0 Å². The molecule has 0 spiro atoms. The number of aliphatic hydroxyl groups is 1. The second-order valence-electron chi connectivity index (χ2n) is 11.4. The van der Waals surface area contributed by atoms with Crippen LogP contribution in [0.1, 0.15) is 65.5 Å². The van der Waals surface area contributed by atoms with Crippen molar-refractivity contribution < 1.29 is 44.4 Å². The molecule has 0 fully saturated rings. The quantitative estimate of drug-likeness (QED) is 0.127. The molecule has 1 aromatic heterocycles. The van der Waals surface area contributed by atoms with Crippen LogP contribution in [0.25, 0.3) is 10.9 Å². The minimum Gasteiger partial charge on any atom is -0.481 e. The third-order valence-electron chi connectivity index (χ3n) is 8.29. The molecule has 6 N–H and O–H groups in total. The first-order chi connectivity index (χ1) is 22.8. The van der Waals surface area contributed by atoms with Gasteiger partial charge in [0.1, 0.15) is 24.5 Å². The summed E-state index contributed by atoms with van der Waals surface area (Å²) in [5.41, 5.74) is 2.79. The van der Waals surface area contributed by atoms with Crippen LogP contribution in [0.2, 0.25) is 0 Å². The van der Waals surface area contributed by atoms with Crippen LogP contribution in [0.5, 0.6) is 0 Å². The first-order valence-electron chi connectivity index (χ1n) is 15.0. The topological polar surface area (TPSA) is 231 Å². The fourth-order valence-electron chi connectivity index (χ4n) is 5.86. The summed E-state index contributed by atoms with van der Waals surface area (Å²) in [6, 6.07) is 6.85. The molecular formula is C33H35N5O10. The van der Waals surface area contributed by atoms with Gasteiger partial charge < -0.3 is 40.5 Å². The number of aromatic nitrogens is 2. The summed E-state index contributed by atoms with van der Waals surface area (Å²) in [6.07, 6.45) is 5.36. The van der Waals surface area contributed by atoms with Crippen molar-refractivity contribution in [3.8, 4) is 12.3 Å². The second kappa shape index (κ2) is 15.2. The summed E-state index contributed by atoms with van der Waals surface area (Å²) in [4.78, 5) is 82.9. The number of carboxylic acids is 3. The van der Waals surface area contributed by atoms with Gasteiger partial charge >= 0.3 is 17.9 Å². The molecule has 0 radical (unpaired) electrons. The maximum Gasteiger partial charge on any atom is 0.326 e. The monoisotopic (exact) mass is 661 g/mol. The maximum absolute atomic E-state index is 13.3. The lowest BCUT2D eigenvalue weighted by Gasteiger charge is -2.30. The Bertz CT molecular complexity index is 1830. The number of nitrogens with zero attached hydrogens (tertiary/aromatic N) is 3. The lowest BCUT2D eigenvalue weighted by atomic mass is 10.0. The van der Waals surface area contributed by atoms with Gasteiger partial charge in [-0.05, 0) is 73.2 Å². The molecule has 1 aliphatic carbocycles. The van der Waals surface area contributed by atoms with Gasteiger partial charge in [0.2, 0.25) is 5.91 Å². The summed E-state index contributed by atoms with van der Waals surface area (Å²) >= 11 is 0. The summed E-state index contributed by atoms with van der Waals surface area (Å²) in [7, 11) is 1.15. The van der Waals surface area contributed by atoms with E-state index in [1.54, 1.807) is 18.2 Å². The number of aliphatic hydroxyl groups excluding tert-OH is 1. The Balaban J connectivity index is 1.55. The molecule has 0 unspecified atom stereocenters. The third-order valence-corrected chi connectivity index (χ3v) is 8.29. The van der Waals surface area contributed by atoms with Gasteiger partial charge in [0.05, 0.1) is 23.5 Å². The lowest BCUT2D eigenvalue weighted by Crippen LogP contribution is -2.52. The number of aliphatic carboxylic acids is 3. The number of hydrogen-bond donors (Lipinski definition) is 6. The molecule has 48 heavy (non-hydrogen) atoms. The molecule has 3 aromatic rings. The van der Waals surface area contributed by atoms with Gasteiger partial charge in [0.25, 0.3) is 11.5 Å². The van der Waals surface area contributed by atoms with Gasteiger partial charge in [-0.1, -0.05) is 5.92 Å². The van der Waals surface area contributed by atoms with E-state index in [0.29, 0.717) is 29.4 Å². The molecule has 252 valence electrons. The van der Waals surface area contributed by atoms with E-state index in [1.165, 1.54) is 12.1 Å². The molecular weight excluding hydrogens is 626 g/mol. The normalized spacial score (nSPS) is 14.7. The van der Waals surface area contributed by atoms with Crippen molar-refractivity contribution in [1.82, 2.24) is 20.2 Å². The zero-order chi connectivity index (χ0) is 35.1. The van der Waals surface area contributed by atoms with E-state index < -0.39 is 61.3 Å². The molecule has 1 aliphatic rings. The Labute approximate surface area is 274 Å². The zero-order valence-electron chi connectivity index (χ0n) is 26.0. The van der Waals surface area contributed by atoms with Crippen molar-refractivity contribution in [2.45, 2.75) is 63.3 Å². The number of hydrogen-bond acceptors (Lipinski definition) is 9. The molecule has 0 aliphatic heterocycles. The first-order valence-corrected chi connectivity index (χ1v) is 15.0. The van der Waals surface area contributed by atoms with E-state index in [0.717, 1.165) is 23.1 Å². The van der Waals surface area contributed by atoms with E-state index in [9.17, 15) is 44.1 Å². The number of aromatic amines is 1. The molecule has 15 nitrogen and oxygen atoms in total. The lowest BCUT2D eigenvalue weighted by molar-refractivity contribution is -0.151. The average Bonchev–Trinajstić information content (AvgIpc) is 3.46. The number of fused-ring (bicyclic) bond motifs is 2. The van der Waals surface area contributed by atoms with Gasteiger partial charge in [-0.15, -0.1) is 6.42 Å². The number of amides is 2. The number of anilines is 1. The second-order valence-corrected chi connectivity index (χ2v) is 11.4. The highest BCUT2D eigenvalue weighted by atomic mass is 16.4. The molecule has 0 saturated heterocycles. The molecule has 0 saturated carbocycles. The summed E-state index contributed by atoms with van der Waals surface area (Å²) in [5.74, 6) is -2.71. The summed E-state index contributed by atoms with van der Waals surface area (Å²) < 4.78 is 0. The number of nitrogens with one attached hydrogen (secondary N) is 2. The molecule has 15 heteroatoms. The summed E-state index contributed by atoms with van der Waals surface area (Å²) in [6.45, 7) is -0.193. The Morgan fingerprint density at radius 3 is 2.33 bits per heavy atom. The predicted molar refractivity (Wildman–Crippen MR) is 171 cm³/mol. The van der Waals surface area contributed by atoms with Gasteiger partial charge in [0.15, 0.2) is 0 Å². The van der Waals surface area contributed by atoms with Crippen LogP contribution in [0.3, 0.4) is 0 Å². The molecule has 2 aromatic carbocycles. The van der Waals surface area contributed by atoms with E-state index in [2.05, 4.69) is 21.2 Å². The number of carbonyl (C=O) groups excluding carboxylic acids is 2. The van der Waals surface area contributed by atoms with E-state index in [1.807, 2.05) is 11.0 Å². The number of terminal acetylenes is 1. The van der Waals surface area contributed by atoms with Crippen molar-refractivity contribution in [2.24, 2.45) is 0 Å². The highest BCUT2D eigenvalue weighted by molar-refractivity contribution is 5.98. The van der Waals surface area contributed by atoms with Gasteiger partial charge in [-0.25, -0.2) is 9.78 Å². The van der Waals surface area contributed by atoms with Crippen molar-refractivity contribution >= 4 is 46.3 Å². The van der Waals surface area contributed by atoms with Crippen LogP contribution in [0.15, 0.2) is 41.2 Å². The fourth-order valence-corrected chi connectivity index (χ4v) is 5.86. The van der Waals surface area contributed by atoms with Crippen molar-refractivity contribution in [2.75, 3.05) is 18.5 Å². The number of H-pyrrole nitrogens is 1. The Morgan fingerprint density at radius 1 is 1.06 bits per heavy atom. The Hall–Kier alpha value is -5.75. The predicted octanol–water partition coefficient (Wildman–Crippen LogP) is 1.28. The highest BCUT2D eigenvalue weighted by Crippen LogP contribution is 2.39. The van der Waals surface area contributed by atoms with Crippen LogP contribution in [0, 0.1) is 12.3 Å². The van der Waals surface area contributed by atoms with Crippen LogP contribution >= 0.6 is 0 Å². The number of aryl methyl sites for hydroxylation is 1. The minimum absolute atomic E-state index is 0.131. The number of rotatable bonds is 15.